The zero-order chi connectivity index (χ0) is 17.3. The number of hydrogen-bond donors (Lipinski definition) is 1. The van der Waals surface area contributed by atoms with E-state index in [1.807, 2.05) is 32.2 Å². The summed E-state index contributed by atoms with van der Waals surface area (Å²) in [4.78, 5) is 25.9. The first-order chi connectivity index (χ1) is 11.5. The first-order valence-electron chi connectivity index (χ1n) is 8.54. The Labute approximate surface area is 142 Å². The van der Waals surface area contributed by atoms with Gasteiger partial charge in [0.25, 0.3) is 0 Å². The van der Waals surface area contributed by atoms with E-state index in [0.29, 0.717) is 12.2 Å². The maximum Gasteiger partial charge on any atom is 0.328 e. The number of nitrogens with zero attached hydrogens (tertiary/aromatic N) is 1. The zero-order valence-corrected chi connectivity index (χ0v) is 14.5. The van der Waals surface area contributed by atoms with E-state index >= 15 is 0 Å². The van der Waals surface area contributed by atoms with Gasteiger partial charge in [-0.2, -0.15) is 0 Å². The summed E-state index contributed by atoms with van der Waals surface area (Å²) < 4.78 is 5.18. The Morgan fingerprint density at radius 1 is 1.38 bits per heavy atom. The van der Waals surface area contributed by atoms with Gasteiger partial charge in [-0.15, -0.1) is 0 Å². The topological polar surface area (TPSA) is 58.6 Å². The summed E-state index contributed by atoms with van der Waals surface area (Å²) >= 11 is 0. The molecule has 2 aliphatic rings. The van der Waals surface area contributed by atoms with Crippen molar-refractivity contribution in [3.8, 4) is 0 Å². The van der Waals surface area contributed by atoms with Gasteiger partial charge in [-0.1, -0.05) is 12.1 Å². The fraction of sp³-hybridized carbons (Fsp3) is 0.474. The first-order valence-corrected chi connectivity index (χ1v) is 8.54. The predicted octanol–water partition coefficient (Wildman–Crippen LogP) is 2.80. The number of hydrogen-bond acceptors (Lipinski definition) is 5. The van der Waals surface area contributed by atoms with Gasteiger partial charge in [0.05, 0.1) is 6.61 Å². The van der Waals surface area contributed by atoms with Crippen LogP contribution in [0.2, 0.25) is 0 Å². The van der Waals surface area contributed by atoms with Crippen molar-refractivity contribution >= 4 is 17.4 Å². The Morgan fingerprint density at radius 3 is 2.88 bits per heavy atom. The number of anilines is 1. The highest BCUT2D eigenvalue weighted by molar-refractivity contribution is 5.95. The number of Topliss-reactive ketones (excluding diaryl/α,β-unsaturated/α-hetero) is 1. The Balaban J connectivity index is 1.91. The van der Waals surface area contributed by atoms with E-state index in [9.17, 15) is 9.59 Å². The average Bonchev–Trinajstić information content (AvgIpc) is 2.77. The van der Waals surface area contributed by atoms with Crippen LogP contribution < -0.4 is 10.2 Å². The van der Waals surface area contributed by atoms with E-state index < -0.39 is 0 Å². The van der Waals surface area contributed by atoms with Crippen molar-refractivity contribution in [3.05, 3.63) is 40.7 Å². The Bertz CT molecular complexity index is 709. The molecule has 1 aromatic rings. The molecule has 3 rings (SSSR count). The molecule has 0 aromatic heterocycles. The van der Waals surface area contributed by atoms with Crippen LogP contribution in [0.5, 0.6) is 0 Å². The van der Waals surface area contributed by atoms with Gasteiger partial charge in [0, 0.05) is 18.3 Å². The quantitative estimate of drug-likeness (QED) is 0.683. The smallest absolute Gasteiger partial charge is 0.328 e. The minimum Gasteiger partial charge on any atom is -0.464 e. The minimum atomic E-state index is -0.308. The zero-order valence-electron chi connectivity index (χ0n) is 14.5. The molecule has 1 atom stereocenters. The van der Waals surface area contributed by atoms with Crippen molar-refractivity contribution in [2.24, 2.45) is 0 Å². The van der Waals surface area contributed by atoms with Gasteiger partial charge < -0.3 is 15.0 Å². The summed E-state index contributed by atoms with van der Waals surface area (Å²) in [5.74, 6) is 0.853. The van der Waals surface area contributed by atoms with Gasteiger partial charge in [-0.3, -0.25) is 4.79 Å². The number of esters is 1. The number of carbonyl (C=O) groups is 2. The number of fused-ring (bicyclic) bond motifs is 1. The molecule has 0 radical (unpaired) electrons. The van der Waals surface area contributed by atoms with Crippen molar-refractivity contribution in [2.45, 2.75) is 45.6 Å². The van der Waals surface area contributed by atoms with E-state index in [2.05, 4.69) is 10.2 Å². The van der Waals surface area contributed by atoms with Crippen LogP contribution in [-0.4, -0.2) is 31.4 Å². The summed E-state index contributed by atoms with van der Waals surface area (Å²) in [5, 5.41) is 3.39. The number of benzene rings is 1. The van der Waals surface area contributed by atoms with Crippen LogP contribution in [0.1, 0.15) is 49.0 Å². The molecule has 1 N–H and O–H groups in total. The lowest BCUT2D eigenvalue weighted by Crippen LogP contribution is -2.42. The van der Waals surface area contributed by atoms with Gasteiger partial charge in [0.1, 0.15) is 11.9 Å². The molecule has 0 saturated carbocycles. The molecule has 0 amide bonds. The van der Waals surface area contributed by atoms with E-state index in [1.54, 1.807) is 6.92 Å². The Kier molecular flexibility index (Phi) is 4.60. The summed E-state index contributed by atoms with van der Waals surface area (Å²) in [6, 6.07) is 5.57. The molecule has 0 spiro atoms. The monoisotopic (exact) mass is 328 g/mol. The highest BCUT2D eigenvalue weighted by Gasteiger charge is 2.30. The van der Waals surface area contributed by atoms with Gasteiger partial charge >= 0.3 is 5.97 Å². The summed E-state index contributed by atoms with van der Waals surface area (Å²) in [5.41, 5.74) is 4.27. The molecule has 0 saturated heterocycles. The summed E-state index contributed by atoms with van der Waals surface area (Å²) in [6.45, 7) is 3.80. The molecule has 24 heavy (non-hydrogen) atoms. The minimum absolute atomic E-state index is 0.0594. The van der Waals surface area contributed by atoms with E-state index in [1.165, 1.54) is 11.1 Å². The van der Waals surface area contributed by atoms with Crippen LogP contribution in [0.15, 0.2) is 29.6 Å². The van der Waals surface area contributed by atoms with E-state index in [-0.39, 0.29) is 17.8 Å². The third-order valence-electron chi connectivity index (χ3n) is 4.78. The second kappa shape index (κ2) is 6.67. The third kappa shape index (κ3) is 3.03. The lowest BCUT2D eigenvalue weighted by atomic mass is 9.94. The molecule has 0 fully saturated rings. The molecule has 0 aliphatic carbocycles. The molecule has 1 unspecified atom stereocenters. The maximum absolute atomic E-state index is 12.2. The number of rotatable bonds is 3. The predicted molar refractivity (Wildman–Crippen MR) is 93.0 cm³/mol. The van der Waals surface area contributed by atoms with Gasteiger partial charge in [0.2, 0.25) is 0 Å². The van der Waals surface area contributed by atoms with Gasteiger partial charge in [-0.25, -0.2) is 4.79 Å². The highest BCUT2D eigenvalue weighted by Crippen LogP contribution is 2.35. The lowest BCUT2D eigenvalue weighted by Gasteiger charge is -2.33. The molecular weight excluding hydrogens is 304 g/mol. The lowest BCUT2D eigenvalue weighted by molar-refractivity contribution is -0.145. The normalized spacial score (nSPS) is 19.8. The van der Waals surface area contributed by atoms with Crippen molar-refractivity contribution in [1.29, 1.82) is 0 Å². The summed E-state index contributed by atoms with van der Waals surface area (Å²) in [6.07, 6.45) is 3.56. The average molecular weight is 328 g/mol. The molecular formula is C19H24N2O3. The Morgan fingerprint density at radius 2 is 2.17 bits per heavy atom. The second-order valence-electron chi connectivity index (χ2n) is 6.43. The molecule has 1 aromatic carbocycles. The van der Waals surface area contributed by atoms with Gasteiger partial charge in [-0.05, 0) is 56.7 Å². The van der Waals surface area contributed by atoms with Crippen molar-refractivity contribution < 1.29 is 14.3 Å². The van der Waals surface area contributed by atoms with Crippen LogP contribution in [0.4, 0.5) is 5.69 Å². The molecule has 5 nitrogen and oxygen atoms in total. The SMILES string of the molecule is CCOC(=O)C1CCCC2=C(N1)N(C)c1cc(C(C)=O)ccc1C2. The maximum atomic E-state index is 12.2. The van der Waals surface area contributed by atoms with E-state index in [0.717, 1.165) is 37.2 Å². The van der Waals surface area contributed by atoms with Crippen molar-refractivity contribution in [2.75, 3.05) is 18.6 Å². The molecule has 5 heteroatoms. The summed E-state index contributed by atoms with van der Waals surface area (Å²) in [7, 11) is 1.98. The van der Waals surface area contributed by atoms with Crippen LogP contribution in [-0.2, 0) is 16.0 Å². The standard InChI is InChI=1S/C19H24N2O3/c1-4-24-19(23)16-7-5-6-15-10-14-9-8-13(12(2)22)11-17(14)21(3)18(15)20-16/h8-9,11,16,20H,4-7,10H2,1-3H3. The highest BCUT2D eigenvalue weighted by atomic mass is 16.5. The van der Waals surface area contributed by atoms with Crippen molar-refractivity contribution in [1.82, 2.24) is 5.32 Å². The fourth-order valence-electron chi connectivity index (χ4n) is 3.50. The van der Waals surface area contributed by atoms with Crippen molar-refractivity contribution in [3.63, 3.8) is 0 Å². The third-order valence-corrected chi connectivity index (χ3v) is 4.78. The fourth-order valence-corrected chi connectivity index (χ4v) is 3.50. The second-order valence-corrected chi connectivity index (χ2v) is 6.43. The number of allylic oxidation sites excluding steroid dienone is 1. The largest absolute Gasteiger partial charge is 0.464 e. The molecule has 2 aliphatic heterocycles. The van der Waals surface area contributed by atoms with Crippen LogP contribution in [0.25, 0.3) is 0 Å². The van der Waals surface area contributed by atoms with Gasteiger partial charge in [0.15, 0.2) is 5.78 Å². The van der Waals surface area contributed by atoms with Crippen LogP contribution >= 0.6 is 0 Å². The molecule has 2 heterocycles. The number of ether oxygens (including phenoxy) is 1. The first kappa shape index (κ1) is 16.6. The van der Waals surface area contributed by atoms with Crippen LogP contribution in [0.3, 0.4) is 0 Å². The van der Waals surface area contributed by atoms with Crippen LogP contribution in [0, 0.1) is 0 Å². The number of ketones is 1. The molecule has 0 bridgehead atoms. The van der Waals surface area contributed by atoms with E-state index in [4.69, 9.17) is 4.74 Å². The number of nitrogens with one attached hydrogen (secondary N) is 1. The number of carbonyl (C=O) groups excluding carboxylic acids is 2. The molecule has 128 valence electrons. The Hall–Kier alpha value is -2.30.